The van der Waals surface area contributed by atoms with E-state index in [1.54, 1.807) is 31.2 Å². The van der Waals surface area contributed by atoms with Crippen molar-refractivity contribution in [2.75, 3.05) is 42.2 Å². The number of thioether (sulfide) groups is 1. The highest BCUT2D eigenvalue weighted by atomic mass is 32.2. The van der Waals surface area contributed by atoms with Crippen molar-refractivity contribution < 1.29 is 19.1 Å². The lowest BCUT2D eigenvalue weighted by atomic mass is 9.97. The molecule has 2 amide bonds. The molecule has 10 heteroatoms. The molecular weight excluding hydrogens is 454 g/mol. The second kappa shape index (κ2) is 12.9. The van der Waals surface area contributed by atoms with E-state index < -0.39 is 5.97 Å². The summed E-state index contributed by atoms with van der Waals surface area (Å²) in [6.45, 7) is 6.18. The second-order valence-electron chi connectivity index (χ2n) is 7.91. The van der Waals surface area contributed by atoms with Crippen molar-refractivity contribution in [3.8, 4) is 0 Å². The molecule has 9 nitrogen and oxygen atoms in total. The van der Waals surface area contributed by atoms with Crippen LogP contribution < -0.4 is 15.5 Å². The molecule has 0 bridgehead atoms. The number of carbonyl (C=O) groups excluding carboxylic acids is 3. The van der Waals surface area contributed by atoms with E-state index in [1.165, 1.54) is 11.8 Å². The summed E-state index contributed by atoms with van der Waals surface area (Å²) in [6.07, 6.45) is 2.72. The lowest BCUT2D eigenvalue weighted by molar-refractivity contribution is -0.125. The van der Waals surface area contributed by atoms with Crippen molar-refractivity contribution in [1.82, 2.24) is 15.5 Å². The van der Waals surface area contributed by atoms with Gasteiger partial charge in [-0.25, -0.2) is 4.79 Å². The molecule has 3 rings (SSSR count). The molecule has 1 atom stereocenters. The average molecular weight is 486 g/mol. The van der Waals surface area contributed by atoms with E-state index in [0.29, 0.717) is 29.4 Å². The van der Waals surface area contributed by atoms with Gasteiger partial charge in [0.25, 0.3) is 0 Å². The molecule has 1 aliphatic heterocycles. The number of hydrogen-bond acceptors (Lipinski definition) is 8. The quantitative estimate of drug-likeness (QED) is 0.390. The average Bonchev–Trinajstić information content (AvgIpc) is 2.87. The zero-order valence-electron chi connectivity index (χ0n) is 19.6. The zero-order chi connectivity index (χ0) is 24.3. The Morgan fingerprint density at radius 2 is 1.97 bits per heavy atom. The van der Waals surface area contributed by atoms with E-state index in [4.69, 9.17) is 4.74 Å². The van der Waals surface area contributed by atoms with Crippen LogP contribution >= 0.6 is 11.8 Å². The third-order valence-corrected chi connectivity index (χ3v) is 6.26. The maximum Gasteiger partial charge on any atom is 0.340 e. The van der Waals surface area contributed by atoms with Gasteiger partial charge >= 0.3 is 5.97 Å². The number of amides is 2. The number of benzene rings is 1. The van der Waals surface area contributed by atoms with Gasteiger partial charge in [-0.1, -0.05) is 30.8 Å². The number of esters is 1. The Kier molecular flexibility index (Phi) is 9.69. The Morgan fingerprint density at radius 3 is 2.71 bits per heavy atom. The molecule has 2 N–H and O–H groups in total. The molecule has 0 spiro atoms. The number of carbonyl (C=O) groups is 3. The van der Waals surface area contributed by atoms with Crippen LogP contribution in [0.1, 0.15) is 43.5 Å². The Labute approximate surface area is 204 Å². The zero-order valence-corrected chi connectivity index (χ0v) is 20.4. The van der Waals surface area contributed by atoms with Gasteiger partial charge in [0.2, 0.25) is 11.8 Å². The molecule has 182 valence electrons. The van der Waals surface area contributed by atoms with Crippen molar-refractivity contribution in [2.24, 2.45) is 5.92 Å². The molecule has 0 saturated carbocycles. The van der Waals surface area contributed by atoms with Crippen LogP contribution in [0.2, 0.25) is 0 Å². The fourth-order valence-electron chi connectivity index (χ4n) is 3.66. The molecule has 34 heavy (non-hydrogen) atoms. The highest BCUT2D eigenvalue weighted by Gasteiger charge is 2.26. The van der Waals surface area contributed by atoms with Crippen molar-refractivity contribution in [2.45, 2.75) is 38.1 Å². The monoisotopic (exact) mass is 485 g/mol. The fourth-order valence-corrected chi connectivity index (χ4v) is 4.27. The molecule has 1 aromatic carbocycles. The minimum absolute atomic E-state index is 0.0441. The number of rotatable bonds is 10. The molecule has 1 fully saturated rings. The van der Waals surface area contributed by atoms with Gasteiger partial charge in [-0.05, 0) is 50.5 Å². The van der Waals surface area contributed by atoms with E-state index >= 15 is 0 Å². The number of nitrogens with zero attached hydrogens (tertiary/aromatic N) is 3. The normalized spacial score (nSPS) is 15.5. The second-order valence-corrected chi connectivity index (χ2v) is 8.90. The lowest BCUT2D eigenvalue weighted by Gasteiger charge is -2.32. The number of nitrogens with one attached hydrogen (secondary N) is 2. The van der Waals surface area contributed by atoms with E-state index in [-0.39, 0.29) is 30.1 Å². The van der Waals surface area contributed by atoms with Crippen LogP contribution in [0.25, 0.3) is 0 Å². The summed E-state index contributed by atoms with van der Waals surface area (Å²) in [7, 11) is 0. The van der Waals surface area contributed by atoms with Crippen LogP contribution in [0.15, 0.2) is 41.4 Å². The predicted molar refractivity (Wildman–Crippen MR) is 132 cm³/mol. The summed E-state index contributed by atoms with van der Waals surface area (Å²) in [5, 5.41) is 14.9. The van der Waals surface area contributed by atoms with Crippen LogP contribution in [-0.4, -0.2) is 60.0 Å². The first-order chi connectivity index (χ1) is 16.5. The predicted octanol–water partition coefficient (Wildman–Crippen LogP) is 3.13. The van der Waals surface area contributed by atoms with Gasteiger partial charge in [-0.15, -0.1) is 10.2 Å². The van der Waals surface area contributed by atoms with Crippen molar-refractivity contribution >= 4 is 41.1 Å². The summed E-state index contributed by atoms with van der Waals surface area (Å²) >= 11 is 1.26. The summed E-state index contributed by atoms with van der Waals surface area (Å²) < 4.78 is 5.04. The van der Waals surface area contributed by atoms with E-state index in [2.05, 4.69) is 25.7 Å². The summed E-state index contributed by atoms with van der Waals surface area (Å²) in [5.41, 5.74) is 0.727. The number of anilines is 2. The largest absolute Gasteiger partial charge is 0.462 e. The first-order valence-electron chi connectivity index (χ1n) is 11.6. The van der Waals surface area contributed by atoms with Gasteiger partial charge in [0, 0.05) is 19.6 Å². The fraction of sp³-hybridized carbons (Fsp3) is 0.458. The summed E-state index contributed by atoms with van der Waals surface area (Å²) in [6, 6.07) is 10.4. The minimum Gasteiger partial charge on any atom is -0.462 e. The van der Waals surface area contributed by atoms with E-state index in [9.17, 15) is 14.4 Å². The van der Waals surface area contributed by atoms with Gasteiger partial charge in [-0.2, -0.15) is 0 Å². The van der Waals surface area contributed by atoms with Crippen LogP contribution in [0, 0.1) is 5.92 Å². The van der Waals surface area contributed by atoms with Gasteiger partial charge in [0.1, 0.15) is 5.03 Å². The van der Waals surface area contributed by atoms with Gasteiger partial charge in [0.05, 0.1) is 29.5 Å². The Bertz CT molecular complexity index is 986. The molecule has 1 saturated heterocycles. The first-order valence-corrected chi connectivity index (χ1v) is 12.6. The van der Waals surface area contributed by atoms with Gasteiger partial charge < -0.3 is 20.3 Å². The molecule has 0 radical (unpaired) electrons. The molecule has 1 aliphatic rings. The number of hydrogen-bond donors (Lipinski definition) is 2. The topological polar surface area (TPSA) is 114 Å². The van der Waals surface area contributed by atoms with Gasteiger partial charge in [0.15, 0.2) is 5.82 Å². The molecule has 0 aliphatic carbocycles. The third kappa shape index (κ3) is 7.18. The molecular formula is C24H31N5O4S. The molecule has 1 aromatic heterocycles. The Balaban J connectivity index is 1.52. The Morgan fingerprint density at radius 1 is 1.15 bits per heavy atom. The minimum atomic E-state index is -0.477. The van der Waals surface area contributed by atoms with E-state index in [1.807, 2.05) is 19.1 Å². The van der Waals surface area contributed by atoms with Gasteiger partial charge in [-0.3, -0.25) is 9.59 Å². The SMILES string of the molecule is CCCNC(=O)C1CCCN(c2ccc(SCC(=O)Nc3ccccc3C(=O)OCC)nn2)C1. The summed E-state index contributed by atoms with van der Waals surface area (Å²) in [5.74, 6) is 0.166. The maximum atomic E-state index is 12.4. The number of para-hydroxylation sites is 1. The van der Waals surface area contributed by atoms with Crippen LogP contribution in [0.4, 0.5) is 11.5 Å². The lowest BCUT2D eigenvalue weighted by Crippen LogP contribution is -2.43. The molecule has 2 aromatic rings. The van der Waals surface area contributed by atoms with Crippen LogP contribution in [-0.2, 0) is 14.3 Å². The number of piperidine rings is 1. The Hall–Kier alpha value is -3.14. The molecule has 2 heterocycles. The van der Waals surface area contributed by atoms with Crippen molar-refractivity contribution in [1.29, 1.82) is 0 Å². The first kappa shape index (κ1) is 25.5. The maximum absolute atomic E-state index is 12.4. The highest BCUT2D eigenvalue weighted by Crippen LogP contribution is 2.24. The highest BCUT2D eigenvalue weighted by molar-refractivity contribution is 7.99. The van der Waals surface area contributed by atoms with Crippen molar-refractivity contribution in [3.63, 3.8) is 0 Å². The standard InChI is InChI=1S/C24H31N5O4S/c1-3-13-25-23(31)17-8-7-14-29(15-17)20-11-12-22(28-27-20)34-16-21(30)26-19-10-6-5-9-18(19)24(32)33-4-2/h5-6,9-12,17H,3-4,7-8,13-16H2,1-2H3,(H,25,31)(H,26,30). The smallest absolute Gasteiger partial charge is 0.340 e. The van der Waals surface area contributed by atoms with E-state index in [0.717, 1.165) is 31.6 Å². The third-order valence-electron chi connectivity index (χ3n) is 5.34. The van der Waals surface area contributed by atoms with Crippen LogP contribution in [0.3, 0.4) is 0 Å². The van der Waals surface area contributed by atoms with Crippen molar-refractivity contribution in [3.05, 3.63) is 42.0 Å². The number of aromatic nitrogens is 2. The summed E-state index contributed by atoms with van der Waals surface area (Å²) in [4.78, 5) is 38.9. The van der Waals surface area contributed by atoms with Crippen LogP contribution in [0.5, 0.6) is 0 Å². The molecule has 1 unspecified atom stereocenters. The number of ether oxygens (including phenoxy) is 1.